The Morgan fingerprint density at radius 3 is 2.05 bits per heavy atom. The first-order valence-electron chi connectivity index (χ1n) is 7.66. The van der Waals surface area contributed by atoms with Crippen molar-refractivity contribution in [3.05, 3.63) is 0 Å². The van der Waals surface area contributed by atoms with E-state index in [2.05, 4.69) is 4.99 Å². The van der Waals surface area contributed by atoms with Crippen LogP contribution in [0.25, 0.3) is 0 Å². The van der Waals surface area contributed by atoms with Crippen molar-refractivity contribution in [1.82, 2.24) is 0 Å². The van der Waals surface area contributed by atoms with Gasteiger partial charge in [0.1, 0.15) is 0 Å². The van der Waals surface area contributed by atoms with Crippen molar-refractivity contribution < 1.29 is 17.6 Å². The molecule has 130 valence electrons. The Bertz CT molecular complexity index is 414. The highest BCUT2D eigenvalue weighted by atomic mass is 32.2. The summed E-state index contributed by atoms with van der Waals surface area (Å²) in [5, 5.41) is -0.155. The van der Waals surface area contributed by atoms with Gasteiger partial charge >= 0.3 is 6.18 Å². The number of hydrogen-bond acceptors (Lipinski definition) is 3. The predicted molar refractivity (Wildman–Crippen MR) is 91.3 cm³/mol. The van der Waals surface area contributed by atoms with Gasteiger partial charge in [0.25, 0.3) is 14.2 Å². The maximum Gasteiger partial charge on any atom is 0.466 e. The minimum absolute atomic E-state index is 0.139. The second kappa shape index (κ2) is 6.75. The molecule has 1 aliphatic carbocycles. The minimum Gasteiger partial charge on any atom is -0.528 e. The van der Waals surface area contributed by atoms with Crippen molar-refractivity contribution in [2.75, 3.05) is 6.26 Å². The van der Waals surface area contributed by atoms with Crippen LogP contribution in [0.1, 0.15) is 40.5 Å². The third-order valence-electron chi connectivity index (χ3n) is 4.56. The standard InChI is InChI=1S/C15H28F3NOSSi/c1-10(12(21-5)11-8-9-11)19-13(15(16,17)18)20-22(6,7)14(2,3)4/h10-12H,8-9H2,1-7H3/t10?,12-/m0/s1. The highest BCUT2D eigenvalue weighted by molar-refractivity contribution is 7.99. The number of hydrogen-bond donors (Lipinski definition) is 0. The maximum atomic E-state index is 13.3. The molecule has 0 N–H and O–H groups in total. The van der Waals surface area contributed by atoms with Gasteiger partial charge in [-0.1, -0.05) is 20.8 Å². The Kier molecular flexibility index (Phi) is 6.10. The summed E-state index contributed by atoms with van der Waals surface area (Å²) in [6.45, 7) is 11.2. The van der Waals surface area contributed by atoms with E-state index in [0.29, 0.717) is 5.92 Å². The molecule has 0 spiro atoms. The van der Waals surface area contributed by atoms with Gasteiger partial charge in [-0.2, -0.15) is 24.9 Å². The lowest BCUT2D eigenvalue weighted by atomic mass is 10.1. The fourth-order valence-electron chi connectivity index (χ4n) is 2.02. The monoisotopic (exact) mass is 355 g/mol. The average Bonchev–Trinajstić information content (AvgIpc) is 3.10. The largest absolute Gasteiger partial charge is 0.528 e. The van der Waals surface area contributed by atoms with Crippen LogP contribution in [-0.4, -0.2) is 37.9 Å². The van der Waals surface area contributed by atoms with Crippen LogP contribution >= 0.6 is 11.8 Å². The molecule has 1 saturated carbocycles. The van der Waals surface area contributed by atoms with Crippen molar-refractivity contribution >= 4 is 26.0 Å². The molecule has 0 saturated heterocycles. The molecule has 0 radical (unpaired) electrons. The van der Waals surface area contributed by atoms with Crippen LogP contribution in [0.5, 0.6) is 0 Å². The molecule has 0 aliphatic heterocycles. The molecule has 1 aliphatic rings. The van der Waals surface area contributed by atoms with E-state index in [0.717, 1.165) is 12.8 Å². The van der Waals surface area contributed by atoms with E-state index in [9.17, 15) is 13.2 Å². The van der Waals surface area contributed by atoms with Gasteiger partial charge in [0.2, 0.25) is 0 Å². The van der Waals surface area contributed by atoms with Gasteiger partial charge < -0.3 is 4.43 Å². The number of thioether (sulfide) groups is 1. The topological polar surface area (TPSA) is 21.6 Å². The van der Waals surface area contributed by atoms with E-state index < -0.39 is 20.4 Å². The first-order valence-corrected chi connectivity index (χ1v) is 11.9. The first kappa shape index (κ1) is 19.9. The van der Waals surface area contributed by atoms with Gasteiger partial charge in [0, 0.05) is 5.25 Å². The van der Waals surface area contributed by atoms with E-state index in [1.165, 1.54) is 0 Å². The first-order chi connectivity index (χ1) is 9.79. The summed E-state index contributed by atoms with van der Waals surface area (Å²) >= 11 is 1.61. The lowest BCUT2D eigenvalue weighted by molar-refractivity contribution is -0.0723. The van der Waals surface area contributed by atoms with Crippen molar-refractivity contribution in [2.45, 2.75) is 76.1 Å². The second-order valence-corrected chi connectivity index (χ2v) is 13.3. The van der Waals surface area contributed by atoms with Gasteiger partial charge in [-0.25, -0.2) is 4.99 Å². The Hall–Kier alpha value is -0.173. The van der Waals surface area contributed by atoms with Crippen molar-refractivity contribution in [3.63, 3.8) is 0 Å². The van der Waals surface area contributed by atoms with Gasteiger partial charge in [-0.3, -0.25) is 0 Å². The van der Waals surface area contributed by atoms with E-state index in [-0.39, 0.29) is 16.3 Å². The predicted octanol–water partition coefficient (Wildman–Crippen LogP) is 5.50. The molecular formula is C15H28F3NOSSi. The molecule has 2 atom stereocenters. The number of halogens is 3. The molecule has 0 aromatic rings. The number of rotatable bonds is 5. The van der Waals surface area contributed by atoms with Crippen molar-refractivity contribution in [1.29, 1.82) is 0 Å². The zero-order chi connectivity index (χ0) is 17.3. The van der Waals surface area contributed by atoms with Crippen molar-refractivity contribution in [2.24, 2.45) is 10.9 Å². The lowest BCUT2D eigenvalue weighted by Crippen LogP contribution is -2.46. The Morgan fingerprint density at radius 1 is 1.23 bits per heavy atom. The number of aliphatic imine (C=N–C) groups is 1. The zero-order valence-corrected chi connectivity index (χ0v) is 16.4. The summed E-state index contributed by atoms with van der Waals surface area (Å²) in [7, 11) is -2.56. The molecule has 1 unspecified atom stereocenters. The molecular weight excluding hydrogens is 327 g/mol. The van der Waals surface area contributed by atoms with Crippen LogP contribution in [0, 0.1) is 5.92 Å². The van der Waals surface area contributed by atoms with Crippen molar-refractivity contribution in [3.8, 4) is 0 Å². The summed E-state index contributed by atoms with van der Waals surface area (Å²) in [4.78, 5) is 3.96. The molecule has 0 aromatic carbocycles. The van der Waals surface area contributed by atoms with E-state index in [4.69, 9.17) is 4.43 Å². The molecule has 0 bridgehead atoms. The smallest absolute Gasteiger partial charge is 0.466 e. The molecule has 0 heterocycles. The summed E-state index contributed by atoms with van der Waals surface area (Å²) in [6.07, 6.45) is -0.404. The van der Waals surface area contributed by atoms with Gasteiger partial charge in [-0.05, 0) is 50.1 Å². The molecule has 22 heavy (non-hydrogen) atoms. The molecule has 0 aromatic heterocycles. The molecule has 7 heteroatoms. The summed E-state index contributed by atoms with van der Waals surface area (Å²) in [6, 6.07) is -0.385. The highest BCUT2D eigenvalue weighted by Gasteiger charge is 2.47. The van der Waals surface area contributed by atoms with Crippen LogP contribution in [0.2, 0.25) is 18.1 Å². The second-order valence-electron chi connectivity index (χ2n) is 7.57. The van der Waals surface area contributed by atoms with Crippen LogP contribution < -0.4 is 0 Å². The van der Waals surface area contributed by atoms with E-state index in [1.807, 2.05) is 40.1 Å². The third kappa shape index (κ3) is 5.18. The van der Waals surface area contributed by atoms with Gasteiger partial charge in [-0.15, -0.1) is 0 Å². The SMILES string of the molecule is CS[C@H](C1CC1)C(C)N=C(O[Si](C)(C)C(C)(C)C)C(F)(F)F. The molecule has 0 amide bonds. The number of alkyl halides is 3. The van der Waals surface area contributed by atoms with Gasteiger partial charge in [0.15, 0.2) is 0 Å². The Labute approximate surface area is 137 Å². The van der Waals surface area contributed by atoms with E-state index >= 15 is 0 Å². The Balaban J connectivity index is 3.00. The Morgan fingerprint density at radius 2 is 1.73 bits per heavy atom. The lowest BCUT2D eigenvalue weighted by Gasteiger charge is -2.37. The molecule has 1 rings (SSSR count). The van der Waals surface area contributed by atoms with Crippen LogP contribution in [0.4, 0.5) is 13.2 Å². The van der Waals surface area contributed by atoms with Crippen LogP contribution in [-0.2, 0) is 4.43 Å². The van der Waals surface area contributed by atoms with Crippen LogP contribution in [0.15, 0.2) is 4.99 Å². The normalized spacial score (nSPS) is 20.7. The summed E-state index contributed by atoms with van der Waals surface area (Å²) in [5.74, 6) is -0.539. The fourth-order valence-corrected chi connectivity index (χ4v) is 4.09. The minimum atomic E-state index is -4.53. The van der Waals surface area contributed by atoms with E-state index in [1.54, 1.807) is 18.7 Å². The third-order valence-corrected chi connectivity index (χ3v) is 10.2. The zero-order valence-electron chi connectivity index (χ0n) is 14.5. The van der Waals surface area contributed by atoms with Crippen LogP contribution in [0.3, 0.4) is 0 Å². The fraction of sp³-hybridized carbons (Fsp3) is 0.933. The van der Waals surface area contributed by atoms with Gasteiger partial charge in [0.05, 0.1) is 6.04 Å². The number of nitrogens with zero attached hydrogens (tertiary/aromatic N) is 1. The quantitative estimate of drug-likeness (QED) is 0.369. The maximum absolute atomic E-state index is 13.3. The summed E-state index contributed by atoms with van der Waals surface area (Å²) < 4.78 is 45.5. The highest BCUT2D eigenvalue weighted by Crippen LogP contribution is 2.42. The molecule has 1 fully saturated rings. The molecule has 2 nitrogen and oxygen atoms in total. The summed E-state index contributed by atoms with van der Waals surface area (Å²) in [5.41, 5.74) is 0. The average molecular weight is 356 g/mol.